The number of fused-ring (bicyclic) bond motifs is 3. The summed E-state index contributed by atoms with van der Waals surface area (Å²) in [7, 11) is 4.29. The lowest BCUT2D eigenvalue weighted by molar-refractivity contribution is 0.261. The second-order valence-electron chi connectivity index (χ2n) is 5.12. The van der Waals surface area contributed by atoms with Crippen molar-refractivity contribution in [3.05, 3.63) is 29.5 Å². The molecule has 0 saturated carbocycles. The highest BCUT2D eigenvalue weighted by atomic mass is 35.5. The Morgan fingerprint density at radius 1 is 1.33 bits per heavy atom. The molecule has 1 heterocycles. The number of hydrogen-bond donors (Lipinski definition) is 1. The average molecular weight is 267 g/mol. The Kier molecular flexibility index (Phi) is 3.55. The zero-order valence-corrected chi connectivity index (χ0v) is 11.6. The highest BCUT2D eigenvalue weighted by Gasteiger charge is 2.25. The number of aryl methyl sites for hydroxylation is 1. The van der Waals surface area contributed by atoms with Crippen LogP contribution < -0.4 is 5.73 Å². The first-order valence-electron chi connectivity index (χ1n) is 6.11. The molecule has 0 amide bonds. The van der Waals surface area contributed by atoms with Gasteiger partial charge in [0.05, 0.1) is 0 Å². The minimum absolute atomic E-state index is 0. The first kappa shape index (κ1) is 13.2. The van der Waals surface area contributed by atoms with E-state index in [2.05, 4.69) is 19.0 Å². The van der Waals surface area contributed by atoms with Crippen LogP contribution in [0.1, 0.15) is 17.7 Å². The maximum atomic E-state index is 5.90. The van der Waals surface area contributed by atoms with E-state index in [0.29, 0.717) is 6.04 Å². The molecule has 3 rings (SSSR count). The summed E-state index contributed by atoms with van der Waals surface area (Å²) < 4.78 is 5.90. The minimum atomic E-state index is 0. The smallest absolute Gasteiger partial charge is 0.134 e. The van der Waals surface area contributed by atoms with Crippen molar-refractivity contribution in [2.75, 3.05) is 19.8 Å². The molecule has 0 fully saturated rings. The lowest BCUT2D eigenvalue weighted by atomic mass is 9.91. The van der Waals surface area contributed by atoms with E-state index in [0.717, 1.165) is 29.9 Å². The number of nitrogens with two attached hydrogens (primary N) is 1. The van der Waals surface area contributed by atoms with E-state index in [1.807, 2.05) is 18.2 Å². The van der Waals surface area contributed by atoms with Gasteiger partial charge >= 0.3 is 0 Å². The van der Waals surface area contributed by atoms with E-state index < -0.39 is 0 Å². The normalized spacial score (nSPS) is 18.7. The standard InChI is InChI=1S/C14H18N2O.ClH/c1-16(2)10-4-6-14-12(8-10)11-7-9(15)3-5-13(11)17-14;/h3,5,7,10H,4,6,8,15H2,1-2H3;1H. The van der Waals surface area contributed by atoms with E-state index in [9.17, 15) is 0 Å². The third kappa shape index (κ3) is 2.08. The van der Waals surface area contributed by atoms with Gasteiger partial charge in [0.1, 0.15) is 11.3 Å². The summed E-state index contributed by atoms with van der Waals surface area (Å²) in [5, 5.41) is 1.20. The number of nitrogen functional groups attached to an aromatic ring is 1. The molecule has 3 nitrogen and oxygen atoms in total. The Hall–Kier alpha value is -1.19. The van der Waals surface area contributed by atoms with Crippen LogP contribution in [0.2, 0.25) is 0 Å². The SMILES string of the molecule is CN(C)C1CCc2oc3ccc(N)cc3c2C1.Cl. The topological polar surface area (TPSA) is 42.4 Å². The molecule has 1 aliphatic rings. The lowest BCUT2D eigenvalue weighted by Crippen LogP contribution is -2.33. The molecule has 0 saturated heterocycles. The van der Waals surface area contributed by atoms with Crippen LogP contribution in [0.3, 0.4) is 0 Å². The average Bonchev–Trinajstić information content (AvgIpc) is 2.66. The summed E-state index contributed by atoms with van der Waals surface area (Å²) in [5.41, 5.74) is 9.01. The van der Waals surface area contributed by atoms with Gasteiger partial charge in [-0.05, 0) is 45.1 Å². The molecule has 0 bridgehead atoms. The number of halogens is 1. The molecule has 1 aromatic heterocycles. The van der Waals surface area contributed by atoms with Crippen molar-refractivity contribution in [1.82, 2.24) is 4.90 Å². The van der Waals surface area contributed by atoms with Gasteiger partial charge in [-0.25, -0.2) is 0 Å². The van der Waals surface area contributed by atoms with Gasteiger partial charge in [-0.3, -0.25) is 0 Å². The van der Waals surface area contributed by atoms with Crippen LogP contribution in [0, 0.1) is 0 Å². The van der Waals surface area contributed by atoms with Gasteiger partial charge in [0.2, 0.25) is 0 Å². The highest BCUT2D eigenvalue weighted by Crippen LogP contribution is 2.33. The molecular formula is C14H19ClN2O. The van der Waals surface area contributed by atoms with E-state index >= 15 is 0 Å². The van der Waals surface area contributed by atoms with E-state index in [1.54, 1.807) is 0 Å². The number of benzene rings is 1. The van der Waals surface area contributed by atoms with Gasteiger partial charge in [0, 0.05) is 29.1 Å². The Morgan fingerprint density at radius 2 is 2.11 bits per heavy atom. The van der Waals surface area contributed by atoms with Crippen molar-refractivity contribution >= 4 is 29.1 Å². The Morgan fingerprint density at radius 3 is 2.83 bits per heavy atom. The van der Waals surface area contributed by atoms with Crippen LogP contribution in [0.25, 0.3) is 11.0 Å². The predicted molar refractivity (Wildman–Crippen MR) is 77.4 cm³/mol. The molecule has 1 aromatic carbocycles. The second-order valence-corrected chi connectivity index (χ2v) is 5.12. The molecule has 4 heteroatoms. The van der Waals surface area contributed by atoms with E-state index in [4.69, 9.17) is 10.2 Å². The van der Waals surface area contributed by atoms with Crippen molar-refractivity contribution in [3.63, 3.8) is 0 Å². The number of anilines is 1. The van der Waals surface area contributed by atoms with E-state index in [1.165, 1.54) is 17.4 Å². The number of hydrogen-bond acceptors (Lipinski definition) is 3. The molecule has 18 heavy (non-hydrogen) atoms. The van der Waals surface area contributed by atoms with Crippen LogP contribution in [-0.2, 0) is 12.8 Å². The summed E-state index contributed by atoms with van der Waals surface area (Å²) in [5.74, 6) is 1.16. The third-order valence-corrected chi connectivity index (χ3v) is 3.77. The third-order valence-electron chi connectivity index (χ3n) is 3.77. The monoisotopic (exact) mass is 266 g/mol. The molecular weight excluding hydrogens is 248 g/mol. The largest absolute Gasteiger partial charge is 0.461 e. The van der Waals surface area contributed by atoms with Crippen LogP contribution in [0.5, 0.6) is 0 Å². The van der Waals surface area contributed by atoms with Gasteiger partial charge in [0.15, 0.2) is 0 Å². The summed E-state index contributed by atoms with van der Waals surface area (Å²) in [6.45, 7) is 0. The van der Waals surface area contributed by atoms with Gasteiger partial charge in [0.25, 0.3) is 0 Å². The van der Waals surface area contributed by atoms with Gasteiger partial charge in [-0.2, -0.15) is 0 Å². The predicted octanol–water partition coefficient (Wildman–Crippen LogP) is 2.86. The molecule has 1 aliphatic carbocycles. The Balaban J connectivity index is 0.00000120. The summed E-state index contributed by atoms with van der Waals surface area (Å²) >= 11 is 0. The fourth-order valence-electron chi connectivity index (χ4n) is 2.72. The Labute approximate surface area is 113 Å². The number of nitrogens with zero attached hydrogens (tertiary/aromatic N) is 1. The molecule has 1 unspecified atom stereocenters. The molecule has 2 N–H and O–H groups in total. The first-order valence-corrected chi connectivity index (χ1v) is 6.11. The van der Waals surface area contributed by atoms with Gasteiger partial charge in [-0.15, -0.1) is 12.4 Å². The second kappa shape index (κ2) is 4.82. The maximum absolute atomic E-state index is 5.90. The summed E-state index contributed by atoms with van der Waals surface area (Å²) in [4.78, 5) is 2.30. The van der Waals surface area contributed by atoms with Crippen LogP contribution in [0.4, 0.5) is 5.69 Å². The van der Waals surface area contributed by atoms with Crippen LogP contribution >= 0.6 is 12.4 Å². The van der Waals surface area contributed by atoms with Crippen molar-refractivity contribution in [2.45, 2.75) is 25.3 Å². The number of likely N-dealkylation sites (N-methyl/N-ethyl adjacent to an activating group) is 1. The van der Waals surface area contributed by atoms with Crippen molar-refractivity contribution < 1.29 is 4.42 Å². The van der Waals surface area contributed by atoms with Crippen LogP contribution in [-0.4, -0.2) is 25.0 Å². The molecule has 1 atom stereocenters. The molecule has 0 aliphatic heterocycles. The number of furan rings is 1. The number of rotatable bonds is 1. The quantitative estimate of drug-likeness (QED) is 0.807. The molecule has 2 aromatic rings. The van der Waals surface area contributed by atoms with Crippen molar-refractivity contribution in [1.29, 1.82) is 0 Å². The van der Waals surface area contributed by atoms with Crippen molar-refractivity contribution in [3.8, 4) is 0 Å². The summed E-state index contributed by atoms with van der Waals surface area (Å²) in [6, 6.07) is 6.54. The summed E-state index contributed by atoms with van der Waals surface area (Å²) in [6.07, 6.45) is 3.28. The molecule has 0 radical (unpaired) electrons. The van der Waals surface area contributed by atoms with Gasteiger partial charge < -0.3 is 15.1 Å². The van der Waals surface area contributed by atoms with Crippen LogP contribution in [0.15, 0.2) is 22.6 Å². The van der Waals surface area contributed by atoms with Crippen molar-refractivity contribution in [2.24, 2.45) is 0 Å². The fraction of sp³-hybridized carbons (Fsp3) is 0.429. The zero-order chi connectivity index (χ0) is 12.0. The Bertz CT molecular complexity index is 562. The highest BCUT2D eigenvalue weighted by molar-refractivity contribution is 5.86. The fourth-order valence-corrected chi connectivity index (χ4v) is 2.72. The maximum Gasteiger partial charge on any atom is 0.134 e. The molecule has 98 valence electrons. The van der Waals surface area contributed by atoms with E-state index in [-0.39, 0.29) is 12.4 Å². The first-order chi connectivity index (χ1) is 8.15. The van der Waals surface area contributed by atoms with Gasteiger partial charge in [-0.1, -0.05) is 0 Å². The lowest BCUT2D eigenvalue weighted by Gasteiger charge is -2.27. The minimum Gasteiger partial charge on any atom is -0.461 e. The molecule has 0 spiro atoms. The zero-order valence-electron chi connectivity index (χ0n) is 10.8.